The molecule has 2 heteroatoms. The Morgan fingerprint density at radius 2 is 1.93 bits per heavy atom. The number of hydrogen-bond donors (Lipinski definition) is 0. The summed E-state index contributed by atoms with van der Waals surface area (Å²) >= 11 is 6.27. The summed E-state index contributed by atoms with van der Waals surface area (Å²) in [5.41, 5.74) is 2.71. The van der Waals surface area contributed by atoms with Crippen LogP contribution in [0.1, 0.15) is 37.1 Å². The Labute approximate surface area is 95.3 Å². The molecular formula is C13H14ClN. The zero-order chi connectivity index (χ0) is 10.6. The molecule has 2 heterocycles. The predicted molar refractivity (Wildman–Crippen MR) is 63.0 cm³/mol. The second-order valence-electron chi connectivity index (χ2n) is 4.56. The van der Waals surface area contributed by atoms with E-state index in [1.165, 1.54) is 11.1 Å². The van der Waals surface area contributed by atoms with Gasteiger partial charge in [-0.2, -0.15) is 0 Å². The summed E-state index contributed by atoms with van der Waals surface area (Å²) in [5, 5.41) is 0.912. The van der Waals surface area contributed by atoms with Gasteiger partial charge in [0.15, 0.2) is 0 Å². The summed E-state index contributed by atoms with van der Waals surface area (Å²) in [7, 11) is 0. The van der Waals surface area contributed by atoms with Crippen molar-refractivity contribution < 1.29 is 0 Å². The zero-order valence-corrected chi connectivity index (χ0v) is 9.70. The Bertz CT molecular complexity index is 436. The first-order valence-electron chi connectivity index (χ1n) is 5.44. The summed E-state index contributed by atoms with van der Waals surface area (Å²) < 4.78 is 0. The molecule has 1 aromatic carbocycles. The second kappa shape index (κ2) is 3.10. The van der Waals surface area contributed by atoms with Crippen LogP contribution in [0.15, 0.2) is 30.4 Å². The second-order valence-corrected chi connectivity index (χ2v) is 4.97. The van der Waals surface area contributed by atoms with Crippen LogP contribution in [0.3, 0.4) is 0 Å². The van der Waals surface area contributed by atoms with Gasteiger partial charge in [0.2, 0.25) is 0 Å². The van der Waals surface area contributed by atoms with E-state index in [4.69, 9.17) is 11.6 Å². The van der Waals surface area contributed by atoms with E-state index in [0.717, 1.165) is 5.02 Å². The van der Waals surface area contributed by atoms with Crippen molar-refractivity contribution >= 4 is 11.6 Å². The molecule has 2 atom stereocenters. The number of rotatable bonds is 1. The molecule has 15 heavy (non-hydrogen) atoms. The van der Waals surface area contributed by atoms with Crippen LogP contribution >= 0.6 is 11.6 Å². The van der Waals surface area contributed by atoms with Gasteiger partial charge < -0.3 is 0 Å². The van der Waals surface area contributed by atoms with Gasteiger partial charge in [0.05, 0.1) is 12.1 Å². The van der Waals surface area contributed by atoms with Crippen LogP contribution in [0.4, 0.5) is 0 Å². The van der Waals surface area contributed by atoms with E-state index < -0.39 is 0 Å². The van der Waals surface area contributed by atoms with Crippen LogP contribution in [0.25, 0.3) is 0 Å². The zero-order valence-electron chi connectivity index (χ0n) is 8.94. The van der Waals surface area contributed by atoms with Gasteiger partial charge in [0.1, 0.15) is 0 Å². The largest absolute Gasteiger partial charge is 0.280 e. The highest BCUT2D eigenvalue weighted by molar-refractivity contribution is 6.31. The van der Waals surface area contributed by atoms with Gasteiger partial charge in [0.25, 0.3) is 0 Å². The number of benzene rings is 1. The molecule has 0 saturated carbocycles. The van der Waals surface area contributed by atoms with Gasteiger partial charge in [0, 0.05) is 11.1 Å². The highest BCUT2D eigenvalue weighted by atomic mass is 35.5. The van der Waals surface area contributed by atoms with Gasteiger partial charge in [-0.3, -0.25) is 4.90 Å². The number of hydrogen-bond acceptors (Lipinski definition) is 1. The topological polar surface area (TPSA) is 3.24 Å². The lowest BCUT2D eigenvalue weighted by atomic mass is 9.97. The Balaban J connectivity index is 2.15. The van der Waals surface area contributed by atoms with Crippen LogP contribution in [0.5, 0.6) is 0 Å². The average molecular weight is 220 g/mol. The van der Waals surface area contributed by atoms with Crippen molar-refractivity contribution in [1.29, 1.82) is 0 Å². The molecule has 2 unspecified atom stereocenters. The molecule has 1 aromatic rings. The van der Waals surface area contributed by atoms with Gasteiger partial charge in [-0.05, 0) is 31.0 Å². The van der Waals surface area contributed by atoms with Crippen molar-refractivity contribution in [3.8, 4) is 0 Å². The predicted octanol–water partition coefficient (Wildman–Crippen LogP) is 3.72. The fraction of sp³-hybridized carbons (Fsp3) is 0.385. The van der Waals surface area contributed by atoms with E-state index >= 15 is 0 Å². The smallest absolute Gasteiger partial charge is 0.0561 e. The standard InChI is InChI=1S/C13H14ClN/c1-8(2)15-11-6-7-12(15)13-9(11)4-3-5-10(13)14/h3-8,11-12H,1-2H3. The van der Waals surface area contributed by atoms with E-state index in [-0.39, 0.29) is 0 Å². The summed E-state index contributed by atoms with van der Waals surface area (Å²) in [6.45, 7) is 4.49. The van der Waals surface area contributed by atoms with Crippen LogP contribution in [0, 0.1) is 0 Å². The van der Waals surface area contributed by atoms with Crippen LogP contribution in [0.2, 0.25) is 5.02 Å². The van der Waals surface area contributed by atoms with Crippen LogP contribution < -0.4 is 0 Å². The van der Waals surface area contributed by atoms with E-state index in [0.29, 0.717) is 18.1 Å². The fourth-order valence-electron chi connectivity index (χ4n) is 2.86. The molecule has 3 rings (SSSR count). The van der Waals surface area contributed by atoms with Gasteiger partial charge in [-0.15, -0.1) is 0 Å². The van der Waals surface area contributed by atoms with Crippen molar-refractivity contribution in [2.45, 2.75) is 32.0 Å². The number of fused-ring (bicyclic) bond motifs is 5. The summed E-state index contributed by atoms with van der Waals surface area (Å²) in [4.78, 5) is 2.51. The molecule has 2 bridgehead atoms. The molecule has 0 saturated heterocycles. The van der Waals surface area contributed by atoms with Gasteiger partial charge in [-0.25, -0.2) is 0 Å². The maximum Gasteiger partial charge on any atom is 0.0561 e. The quantitative estimate of drug-likeness (QED) is 0.651. The summed E-state index contributed by atoms with van der Waals surface area (Å²) in [5.74, 6) is 0. The minimum Gasteiger partial charge on any atom is -0.280 e. The first-order chi connectivity index (χ1) is 7.20. The maximum atomic E-state index is 6.27. The fourth-order valence-corrected chi connectivity index (χ4v) is 3.15. The molecule has 0 fully saturated rings. The van der Waals surface area contributed by atoms with Crippen molar-refractivity contribution in [3.05, 3.63) is 46.5 Å². The lowest BCUT2D eigenvalue weighted by Crippen LogP contribution is -2.27. The SMILES string of the molecule is CC(C)N1C2C=CC1c1c(Cl)cccc12. The van der Waals surface area contributed by atoms with Crippen molar-refractivity contribution in [3.63, 3.8) is 0 Å². The van der Waals surface area contributed by atoms with Gasteiger partial charge >= 0.3 is 0 Å². The van der Waals surface area contributed by atoms with Crippen molar-refractivity contribution in [2.75, 3.05) is 0 Å². The average Bonchev–Trinajstić information content (AvgIpc) is 2.73. The van der Waals surface area contributed by atoms with E-state index in [9.17, 15) is 0 Å². The van der Waals surface area contributed by atoms with E-state index in [1.807, 2.05) is 12.1 Å². The Hall–Kier alpha value is -0.790. The molecule has 0 spiro atoms. The number of halogens is 1. The molecule has 0 N–H and O–H groups in total. The lowest BCUT2D eigenvalue weighted by molar-refractivity contribution is 0.188. The van der Waals surface area contributed by atoms with Crippen LogP contribution in [-0.2, 0) is 0 Å². The van der Waals surface area contributed by atoms with E-state index in [1.54, 1.807) is 0 Å². The maximum absolute atomic E-state index is 6.27. The Morgan fingerprint density at radius 1 is 1.20 bits per heavy atom. The van der Waals surface area contributed by atoms with Crippen molar-refractivity contribution in [1.82, 2.24) is 4.90 Å². The molecule has 2 aliphatic heterocycles. The lowest BCUT2D eigenvalue weighted by Gasteiger charge is -2.26. The minimum atomic E-state index is 0.402. The Kier molecular flexibility index (Phi) is 1.95. The van der Waals surface area contributed by atoms with Gasteiger partial charge in [-0.1, -0.05) is 35.9 Å². The molecule has 0 radical (unpaired) electrons. The normalized spacial score (nSPS) is 27.7. The summed E-state index contributed by atoms with van der Waals surface area (Å²) in [6.07, 6.45) is 4.57. The van der Waals surface area contributed by atoms with E-state index in [2.05, 4.69) is 37.0 Å². The number of nitrogens with zero attached hydrogens (tertiary/aromatic N) is 1. The monoisotopic (exact) mass is 219 g/mol. The highest BCUT2D eigenvalue weighted by Gasteiger charge is 2.42. The molecule has 0 aliphatic carbocycles. The molecule has 2 aliphatic rings. The highest BCUT2D eigenvalue weighted by Crippen LogP contribution is 2.51. The Morgan fingerprint density at radius 3 is 2.60 bits per heavy atom. The third-order valence-corrected chi connectivity index (χ3v) is 3.75. The molecule has 0 amide bonds. The third kappa shape index (κ3) is 1.14. The minimum absolute atomic E-state index is 0.402. The van der Waals surface area contributed by atoms with Crippen molar-refractivity contribution in [2.24, 2.45) is 0 Å². The molecule has 0 aromatic heterocycles. The summed E-state index contributed by atoms with van der Waals surface area (Å²) in [6, 6.07) is 7.65. The van der Waals surface area contributed by atoms with Crippen LogP contribution in [-0.4, -0.2) is 10.9 Å². The first kappa shape index (κ1) is 9.44. The molecular weight excluding hydrogens is 206 g/mol. The molecule has 1 nitrogen and oxygen atoms in total. The molecule has 78 valence electrons. The first-order valence-corrected chi connectivity index (χ1v) is 5.82. The third-order valence-electron chi connectivity index (χ3n) is 3.42.